The van der Waals surface area contributed by atoms with E-state index in [-0.39, 0.29) is 24.4 Å². The lowest BCUT2D eigenvalue weighted by Gasteiger charge is -2.12. The molecule has 0 bridgehead atoms. The summed E-state index contributed by atoms with van der Waals surface area (Å²) in [7, 11) is -3.30. The first-order valence-electron chi connectivity index (χ1n) is 6.90. The van der Waals surface area contributed by atoms with Gasteiger partial charge in [0.05, 0.1) is 18.0 Å². The summed E-state index contributed by atoms with van der Waals surface area (Å²) in [6.45, 7) is 5.48. The van der Waals surface area contributed by atoms with Gasteiger partial charge < -0.3 is 0 Å². The summed E-state index contributed by atoms with van der Waals surface area (Å²) in [5, 5.41) is 13.4. The van der Waals surface area contributed by atoms with Crippen molar-refractivity contribution in [2.24, 2.45) is 0 Å². The minimum atomic E-state index is -3.30. The van der Waals surface area contributed by atoms with Crippen molar-refractivity contribution in [1.29, 1.82) is 5.26 Å². The van der Waals surface area contributed by atoms with E-state index in [1.165, 1.54) is 6.92 Å². The van der Waals surface area contributed by atoms with Gasteiger partial charge in [0.25, 0.3) is 5.56 Å². The average molecular weight is 312 g/mol. The molecule has 1 rings (SSSR count). The highest BCUT2D eigenvalue weighted by molar-refractivity contribution is 7.89. The molecule has 1 N–H and O–H groups in total. The Kier molecular flexibility index (Phi) is 6.05. The quantitative estimate of drug-likeness (QED) is 0.773. The zero-order valence-corrected chi connectivity index (χ0v) is 13.3. The van der Waals surface area contributed by atoms with Crippen LogP contribution in [0.2, 0.25) is 0 Å². The smallest absolute Gasteiger partial charge is 0.266 e. The summed E-state index contributed by atoms with van der Waals surface area (Å²) in [4.78, 5) is 12.2. The fourth-order valence-electron chi connectivity index (χ4n) is 1.99. The Labute approximate surface area is 124 Å². The standard InChI is InChI=1S/C13H20N4O3S/c1-4-10-11(9-14)13(18)17(16-12(10)5-2)8-7-15-21(19,20)6-3/h15H,4-8H2,1-3H3. The number of hydrogen-bond donors (Lipinski definition) is 1. The highest BCUT2D eigenvalue weighted by Gasteiger charge is 2.15. The second-order valence-corrected chi connectivity index (χ2v) is 6.54. The van der Waals surface area contributed by atoms with Crippen LogP contribution in [0.15, 0.2) is 4.79 Å². The monoisotopic (exact) mass is 312 g/mol. The van der Waals surface area contributed by atoms with Crippen LogP contribution in [-0.2, 0) is 29.4 Å². The molecule has 7 nitrogen and oxygen atoms in total. The molecule has 0 aliphatic carbocycles. The molecule has 0 saturated heterocycles. The van der Waals surface area contributed by atoms with Crippen molar-refractivity contribution in [1.82, 2.24) is 14.5 Å². The lowest BCUT2D eigenvalue weighted by molar-refractivity contribution is 0.538. The fraction of sp³-hybridized carbons (Fsp3) is 0.615. The summed E-state index contributed by atoms with van der Waals surface area (Å²) < 4.78 is 26.2. The van der Waals surface area contributed by atoms with Gasteiger partial charge in [0.2, 0.25) is 10.0 Å². The molecule has 1 heterocycles. The van der Waals surface area contributed by atoms with E-state index < -0.39 is 15.6 Å². The van der Waals surface area contributed by atoms with Gasteiger partial charge in [0.1, 0.15) is 11.6 Å². The van der Waals surface area contributed by atoms with Gasteiger partial charge in [-0.1, -0.05) is 13.8 Å². The number of nitrogens with one attached hydrogen (secondary N) is 1. The molecule has 0 fully saturated rings. The Morgan fingerprint density at radius 2 is 1.95 bits per heavy atom. The van der Waals surface area contributed by atoms with Gasteiger partial charge in [0.15, 0.2) is 0 Å². The molecule has 0 spiro atoms. The van der Waals surface area contributed by atoms with E-state index in [1.807, 2.05) is 19.9 Å². The van der Waals surface area contributed by atoms with E-state index in [2.05, 4.69) is 9.82 Å². The Bertz CT molecular complexity index is 701. The predicted octanol–water partition coefficient (Wildman–Crippen LogP) is 0.179. The van der Waals surface area contributed by atoms with Crippen molar-refractivity contribution in [2.45, 2.75) is 40.2 Å². The molecule has 1 aromatic heterocycles. The maximum atomic E-state index is 12.2. The molecule has 0 unspecified atom stereocenters. The average Bonchev–Trinajstić information content (AvgIpc) is 2.47. The van der Waals surface area contributed by atoms with Gasteiger partial charge in [-0.15, -0.1) is 0 Å². The number of nitrogens with zero attached hydrogens (tertiary/aromatic N) is 3. The summed E-state index contributed by atoms with van der Waals surface area (Å²) in [5.41, 5.74) is 1.01. The minimum Gasteiger partial charge on any atom is -0.266 e. The number of aromatic nitrogens is 2. The minimum absolute atomic E-state index is 0.0201. The van der Waals surface area contributed by atoms with Crippen LogP contribution in [0.25, 0.3) is 0 Å². The van der Waals surface area contributed by atoms with Crippen molar-refractivity contribution in [2.75, 3.05) is 12.3 Å². The number of hydrogen-bond acceptors (Lipinski definition) is 5. The molecule has 0 atom stereocenters. The van der Waals surface area contributed by atoms with Crippen molar-refractivity contribution >= 4 is 10.0 Å². The van der Waals surface area contributed by atoms with Crippen molar-refractivity contribution < 1.29 is 8.42 Å². The fourth-order valence-corrected chi connectivity index (χ4v) is 2.60. The van der Waals surface area contributed by atoms with Crippen LogP contribution in [0.1, 0.15) is 37.6 Å². The van der Waals surface area contributed by atoms with Gasteiger partial charge in [0, 0.05) is 6.54 Å². The van der Waals surface area contributed by atoms with Crippen LogP contribution in [0.5, 0.6) is 0 Å². The summed E-state index contributed by atoms with van der Waals surface area (Å²) in [5.74, 6) is -0.0201. The molecule has 1 aromatic rings. The molecule has 0 saturated carbocycles. The largest absolute Gasteiger partial charge is 0.285 e. The lowest BCUT2D eigenvalue weighted by Crippen LogP contribution is -2.35. The number of sulfonamides is 1. The molecular formula is C13H20N4O3S. The molecule has 0 aliphatic heterocycles. The predicted molar refractivity (Wildman–Crippen MR) is 79.4 cm³/mol. The topological polar surface area (TPSA) is 105 Å². The van der Waals surface area contributed by atoms with Gasteiger partial charge >= 0.3 is 0 Å². The van der Waals surface area contributed by atoms with E-state index in [4.69, 9.17) is 5.26 Å². The number of nitriles is 1. The normalized spacial score (nSPS) is 11.3. The van der Waals surface area contributed by atoms with E-state index >= 15 is 0 Å². The molecule has 0 aromatic carbocycles. The van der Waals surface area contributed by atoms with Crippen LogP contribution in [0.4, 0.5) is 0 Å². The Morgan fingerprint density at radius 3 is 2.43 bits per heavy atom. The third kappa shape index (κ3) is 4.12. The van der Waals surface area contributed by atoms with Crippen LogP contribution in [0, 0.1) is 11.3 Å². The zero-order valence-electron chi connectivity index (χ0n) is 12.5. The SMILES string of the molecule is CCc1nn(CCNS(=O)(=O)CC)c(=O)c(C#N)c1CC. The van der Waals surface area contributed by atoms with Crippen LogP contribution in [-0.4, -0.2) is 30.5 Å². The summed E-state index contributed by atoms with van der Waals surface area (Å²) >= 11 is 0. The first-order valence-corrected chi connectivity index (χ1v) is 8.55. The maximum Gasteiger partial charge on any atom is 0.285 e. The molecule has 8 heteroatoms. The Balaban J connectivity index is 3.10. The second-order valence-electron chi connectivity index (χ2n) is 4.45. The van der Waals surface area contributed by atoms with E-state index in [9.17, 15) is 13.2 Å². The van der Waals surface area contributed by atoms with Crippen molar-refractivity contribution in [3.8, 4) is 6.07 Å². The third-order valence-corrected chi connectivity index (χ3v) is 4.57. The zero-order chi connectivity index (χ0) is 16.0. The molecule has 116 valence electrons. The number of rotatable bonds is 7. The maximum absolute atomic E-state index is 12.2. The summed E-state index contributed by atoms with van der Waals surface area (Å²) in [6.07, 6.45) is 1.18. The van der Waals surface area contributed by atoms with Crippen molar-refractivity contribution in [3.05, 3.63) is 27.2 Å². The van der Waals surface area contributed by atoms with Gasteiger partial charge in [-0.3, -0.25) is 4.79 Å². The molecule has 0 aliphatic rings. The molecular weight excluding hydrogens is 292 g/mol. The lowest BCUT2D eigenvalue weighted by atomic mass is 10.0. The van der Waals surface area contributed by atoms with Crippen LogP contribution < -0.4 is 10.3 Å². The van der Waals surface area contributed by atoms with E-state index in [1.54, 1.807) is 0 Å². The van der Waals surface area contributed by atoms with Gasteiger partial charge in [-0.2, -0.15) is 10.4 Å². The first kappa shape index (κ1) is 17.3. The van der Waals surface area contributed by atoms with Crippen molar-refractivity contribution in [3.63, 3.8) is 0 Å². The second kappa shape index (κ2) is 7.33. The third-order valence-electron chi connectivity index (χ3n) is 3.17. The van der Waals surface area contributed by atoms with Crippen LogP contribution >= 0.6 is 0 Å². The highest BCUT2D eigenvalue weighted by Crippen LogP contribution is 2.09. The van der Waals surface area contributed by atoms with Gasteiger partial charge in [-0.25, -0.2) is 17.8 Å². The molecule has 0 amide bonds. The highest BCUT2D eigenvalue weighted by atomic mass is 32.2. The van der Waals surface area contributed by atoms with E-state index in [0.717, 1.165) is 4.68 Å². The first-order chi connectivity index (χ1) is 9.90. The Morgan fingerprint density at radius 1 is 1.29 bits per heavy atom. The molecule has 0 radical (unpaired) electrons. The summed E-state index contributed by atoms with van der Waals surface area (Å²) in [6, 6.07) is 1.94. The van der Waals surface area contributed by atoms with Crippen LogP contribution in [0.3, 0.4) is 0 Å². The number of aryl methyl sites for hydroxylation is 1. The van der Waals surface area contributed by atoms with E-state index in [0.29, 0.717) is 24.1 Å². The van der Waals surface area contributed by atoms with Gasteiger partial charge in [-0.05, 0) is 25.3 Å². The Hall–Kier alpha value is -1.72. The molecule has 21 heavy (non-hydrogen) atoms.